The summed E-state index contributed by atoms with van der Waals surface area (Å²) in [6.07, 6.45) is 0.389. The molecule has 0 aliphatic rings. The number of benzene rings is 2. The summed E-state index contributed by atoms with van der Waals surface area (Å²) in [6, 6.07) is 14.9. The van der Waals surface area contributed by atoms with Gasteiger partial charge in [-0.1, -0.05) is 50.2 Å². The Morgan fingerprint density at radius 1 is 1.11 bits per heavy atom. The van der Waals surface area contributed by atoms with Crippen LogP contribution in [0.25, 0.3) is 0 Å². The van der Waals surface area contributed by atoms with Gasteiger partial charge in [0, 0.05) is 6.42 Å². The van der Waals surface area contributed by atoms with Crippen molar-refractivity contribution in [2.45, 2.75) is 26.2 Å². The number of carbonyl (C=O) groups is 1. The SMILES string of the molecule is COC(=O)c1ccccc1Nc1nnc(Cc2ccc(C(C)C)cc2)c(=O)[nH]1. The molecule has 0 atom stereocenters. The van der Waals surface area contributed by atoms with Crippen LogP contribution in [0.3, 0.4) is 0 Å². The van der Waals surface area contributed by atoms with E-state index in [-0.39, 0.29) is 11.5 Å². The van der Waals surface area contributed by atoms with E-state index in [0.717, 1.165) is 5.56 Å². The number of ether oxygens (including phenoxy) is 1. The van der Waals surface area contributed by atoms with E-state index in [9.17, 15) is 9.59 Å². The number of para-hydroxylation sites is 1. The average Bonchev–Trinajstić information content (AvgIpc) is 2.70. The van der Waals surface area contributed by atoms with Gasteiger partial charge < -0.3 is 10.1 Å². The fourth-order valence-corrected chi connectivity index (χ4v) is 2.75. The molecule has 0 unspecified atom stereocenters. The number of hydrogen-bond donors (Lipinski definition) is 2. The Bertz CT molecular complexity index is 1030. The normalized spacial score (nSPS) is 10.7. The van der Waals surface area contributed by atoms with Crippen LogP contribution in [0.5, 0.6) is 0 Å². The molecule has 0 saturated carbocycles. The summed E-state index contributed by atoms with van der Waals surface area (Å²) in [7, 11) is 1.31. The summed E-state index contributed by atoms with van der Waals surface area (Å²) in [5.74, 6) is 0.121. The van der Waals surface area contributed by atoms with E-state index in [0.29, 0.717) is 29.3 Å². The highest BCUT2D eigenvalue weighted by Crippen LogP contribution is 2.19. The second-order valence-electron chi connectivity index (χ2n) is 6.68. The van der Waals surface area contributed by atoms with Gasteiger partial charge in [0.25, 0.3) is 5.56 Å². The van der Waals surface area contributed by atoms with E-state index >= 15 is 0 Å². The molecule has 0 bridgehead atoms. The van der Waals surface area contributed by atoms with Crippen molar-refractivity contribution in [3.8, 4) is 0 Å². The van der Waals surface area contributed by atoms with Crippen LogP contribution in [-0.4, -0.2) is 28.3 Å². The van der Waals surface area contributed by atoms with Gasteiger partial charge in [-0.3, -0.25) is 9.78 Å². The van der Waals surface area contributed by atoms with Crippen LogP contribution < -0.4 is 10.9 Å². The maximum atomic E-state index is 12.4. The lowest BCUT2D eigenvalue weighted by atomic mass is 10.0. The quantitative estimate of drug-likeness (QED) is 0.638. The summed E-state index contributed by atoms with van der Waals surface area (Å²) in [5.41, 5.74) is 3.02. The zero-order valence-corrected chi connectivity index (χ0v) is 16.0. The molecular formula is C21H22N4O3. The van der Waals surface area contributed by atoms with Crippen molar-refractivity contribution in [3.63, 3.8) is 0 Å². The third-order valence-corrected chi connectivity index (χ3v) is 4.37. The molecule has 144 valence electrons. The first-order valence-electron chi connectivity index (χ1n) is 8.97. The maximum absolute atomic E-state index is 12.4. The monoisotopic (exact) mass is 378 g/mol. The smallest absolute Gasteiger partial charge is 0.339 e. The standard InChI is InChI=1S/C21H22N4O3/c1-13(2)15-10-8-14(9-11-15)12-18-19(26)23-21(25-24-18)22-17-7-5-4-6-16(17)20(27)28-3/h4-11,13H,12H2,1-3H3,(H2,22,23,25,26). The van der Waals surface area contributed by atoms with E-state index in [1.54, 1.807) is 24.3 Å². The molecule has 0 radical (unpaired) electrons. The van der Waals surface area contributed by atoms with Crippen molar-refractivity contribution in [1.29, 1.82) is 0 Å². The number of anilines is 2. The molecule has 0 fully saturated rings. The second kappa shape index (κ2) is 8.47. The van der Waals surface area contributed by atoms with Gasteiger partial charge in [0.1, 0.15) is 5.69 Å². The van der Waals surface area contributed by atoms with Crippen LogP contribution in [-0.2, 0) is 11.2 Å². The molecule has 7 heteroatoms. The molecule has 1 aromatic heterocycles. The summed E-state index contributed by atoms with van der Waals surface area (Å²) in [4.78, 5) is 26.9. The van der Waals surface area contributed by atoms with Gasteiger partial charge in [0.2, 0.25) is 5.95 Å². The van der Waals surface area contributed by atoms with E-state index in [1.165, 1.54) is 12.7 Å². The van der Waals surface area contributed by atoms with Crippen LogP contribution in [0.2, 0.25) is 0 Å². The largest absolute Gasteiger partial charge is 0.465 e. The molecule has 0 spiro atoms. The van der Waals surface area contributed by atoms with Crippen LogP contribution in [0.4, 0.5) is 11.6 Å². The van der Waals surface area contributed by atoms with Crippen LogP contribution in [0.15, 0.2) is 53.3 Å². The minimum absolute atomic E-state index is 0.153. The number of aromatic amines is 1. The Morgan fingerprint density at radius 2 is 1.82 bits per heavy atom. The molecule has 3 aromatic rings. The van der Waals surface area contributed by atoms with Gasteiger partial charge in [-0.05, 0) is 29.2 Å². The van der Waals surface area contributed by atoms with E-state index < -0.39 is 5.97 Å². The highest BCUT2D eigenvalue weighted by Gasteiger charge is 2.13. The zero-order chi connectivity index (χ0) is 20.1. The first-order chi connectivity index (χ1) is 13.5. The van der Waals surface area contributed by atoms with Gasteiger partial charge in [-0.25, -0.2) is 4.79 Å². The highest BCUT2D eigenvalue weighted by atomic mass is 16.5. The summed E-state index contributed by atoms with van der Waals surface area (Å²) >= 11 is 0. The number of esters is 1. The molecule has 2 N–H and O–H groups in total. The first kappa shape index (κ1) is 19.3. The molecular weight excluding hydrogens is 356 g/mol. The first-order valence-corrected chi connectivity index (χ1v) is 8.97. The molecule has 7 nitrogen and oxygen atoms in total. The minimum Gasteiger partial charge on any atom is -0.465 e. The second-order valence-corrected chi connectivity index (χ2v) is 6.68. The summed E-state index contributed by atoms with van der Waals surface area (Å²) in [6.45, 7) is 4.27. The number of methoxy groups -OCH3 is 1. The fourth-order valence-electron chi connectivity index (χ4n) is 2.75. The molecule has 0 aliphatic heterocycles. The predicted molar refractivity (Wildman–Crippen MR) is 107 cm³/mol. The van der Waals surface area contributed by atoms with Gasteiger partial charge in [0.15, 0.2) is 0 Å². The number of nitrogens with zero attached hydrogens (tertiary/aromatic N) is 2. The Balaban J connectivity index is 1.78. The number of aromatic nitrogens is 3. The number of rotatable bonds is 6. The Kier molecular flexibility index (Phi) is 5.84. The van der Waals surface area contributed by atoms with E-state index in [1.807, 2.05) is 12.1 Å². The zero-order valence-electron chi connectivity index (χ0n) is 16.0. The Labute approximate surface area is 162 Å². The molecule has 0 saturated heterocycles. The molecule has 0 amide bonds. The number of H-pyrrole nitrogens is 1. The van der Waals surface area contributed by atoms with Crippen molar-refractivity contribution >= 4 is 17.6 Å². The highest BCUT2D eigenvalue weighted by molar-refractivity contribution is 5.96. The lowest BCUT2D eigenvalue weighted by Gasteiger charge is -2.10. The van der Waals surface area contributed by atoms with Crippen LogP contribution >= 0.6 is 0 Å². The lowest BCUT2D eigenvalue weighted by Crippen LogP contribution is -2.19. The van der Waals surface area contributed by atoms with E-state index in [4.69, 9.17) is 4.74 Å². The average molecular weight is 378 g/mol. The summed E-state index contributed by atoms with van der Waals surface area (Å²) in [5, 5.41) is 11.0. The van der Waals surface area contributed by atoms with E-state index in [2.05, 4.69) is 46.5 Å². The number of nitrogens with one attached hydrogen (secondary N) is 2. The van der Waals surface area contributed by atoms with Gasteiger partial charge >= 0.3 is 5.97 Å². The molecule has 0 aliphatic carbocycles. The topological polar surface area (TPSA) is 97.0 Å². The van der Waals surface area contributed by atoms with Crippen molar-refractivity contribution in [2.24, 2.45) is 0 Å². The predicted octanol–water partition coefficient (Wildman–Crippen LogP) is 3.41. The van der Waals surface area contributed by atoms with Gasteiger partial charge in [-0.2, -0.15) is 0 Å². The van der Waals surface area contributed by atoms with Crippen molar-refractivity contribution in [1.82, 2.24) is 15.2 Å². The summed E-state index contributed by atoms with van der Waals surface area (Å²) < 4.78 is 4.76. The molecule has 2 aromatic carbocycles. The third kappa shape index (κ3) is 4.43. The number of carbonyl (C=O) groups excluding carboxylic acids is 1. The lowest BCUT2D eigenvalue weighted by molar-refractivity contribution is 0.0602. The number of hydrogen-bond acceptors (Lipinski definition) is 6. The Hall–Kier alpha value is -3.48. The molecule has 28 heavy (non-hydrogen) atoms. The molecule has 3 rings (SSSR count). The maximum Gasteiger partial charge on any atom is 0.339 e. The third-order valence-electron chi connectivity index (χ3n) is 4.37. The van der Waals surface area contributed by atoms with Crippen LogP contribution in [0.1, 0.15) is 46.9 Å². The fraction of sp³-hybridized carbons (Fsp3) is 0.238. The minimum atomic E-state index is -0.486. The Morgan fingerprint density at radius 3 is 2.46 bits per heavy atom. The van der Waals surface area contributed by atoms with Gasteiger partial charge in [-0.15, -0.1) is 10.2 Å². The van der Waals surface area contributed by atoms with Crippen molar-refractivity contribution in [3.05, 3.63) is 81.3 Å². The van der Waals surface area contributed by atoms with Gasteiger partial charge in [0.05, 0.1) is 18.4 Å². The van der Waals surface area contributed by atoms with Crippen molar-refractivity contribution in [2.75, 3.05) is 12.4 Å². The van der Waals surface area contributed by atoms with Crippen LogP contribution in [0, 0.1) is 0 Å². The molecule has 1 heterocycles. The van der Waals surface area contributed by atoms with Crippen molar-refractivity contribution < 1.29 is 9.53 Å².